The maximum atomic E-state index is 11.8. The number of piperidine rings is 1. The van der Waals surface area contributed by atoms with Crippen LogP contribution in [0.3, 0.4) is 0 Å². The summed E-state index contributed by atoms with van der Waals surface area (Å²) in [5, 5.41) is 2.93. The molecule has 2 amide bonds. The van der Waals surface area contributed by atoms with Crippen molar-refractivity contribution in [3.05, 3.63) is 30.2 Å². The standard InChI is InChI=1S/C15H20N2O4/c1-2-20-15(19)17-9-7-12(8-10-17)16-14(18)6-5-13-4-3-11-21-13/h3-6,11-12H,2,7-10H2,1H3,(H,16,18). The highest BCUT2D eigenvalue weighted by Gasteiger charge is 2.23. The molecular weight excluding hydrogens is 272 g/mol. The Kier molecular flexibility index (Phi) is 5.43. The summed E-state index contributed by atoms with van der Waals surface area (Å²) in [7, 11) is 0. The van der Waals surface area contributed by atoms with Crippen molar-refractivity contribution in [2.75, 3.05) is 19.7 Å². The van der Waals surface area contributed by atoms with Crippen molar-refractivity contribution in [3.63, 3.8) is 0 Å². The third kappa shape index (κ3) is 4.66. The Morgan fingerprint density at radius 2 is 2.24 bits per heavy atom. The molecule has 1 saturated heterocycles. The maximum absolute atomic E-state index is 11.8. The third-order valence-corrected chi connectivity index (χ3v) is 3.31. The third-order valence-electron chi connectivity index (χ3n) is 3.31. The smallest absolute Gasteiger partial charge is 0.409 e. The van der Waals surface area contributed by atoms with E-state index in [1.165, 1.54) is 6.08 Å². The zero-order chi connectivity index (χ0) is 15.1. The van der Waals surface area contributed by atoms with Gasteiger partial charge in [0.25, 0.3) is 0 Å². The van der Waals surface area contributed by atoms with Crippen LogP contribution in [0.15, 0.2) is 28.9 Å². The number of nitrogens with zero attached hydrogens (tertiary/aromatic N) is 1. The molecule has 0 bridgehead atoms. The molecule has 0 atom stereocenters. The molecule has 0 aromatic carbocycles. The Labute approximate surface area is 123 Å². The van der Waals surface area contributed by atoms with Gasteiger partial charge < -0.3 is 19.4 Å². The second-order valence-electron chi connectivity index (χ2n) is 4.82. The van der Waals surface area contributed by atoms with Crippen LogP contribution in [-0.4, -0.2) is 42.6 Å². The monoisotopic (exact) mass is 292 g/mol. The second-order valence-corrected chi connectivity index (χ2v) is 4.82. The van der Waals surface area contributed by atoms with E-state index in [1.807, 2.05) is 0 Å². The van der Waals surface area contributed by atoms with Gasteiger partial charge in [-0.3, -0.25) is 4.79 Å². The number of hydrogen-bond donors (Lipinski definition) is 1. The molecule has 1 aliphatic rings. The minimum Gasteiger partial charge on any atom is -0.465 e. The Balaban J connectivity index is 1.73. The lowest BCUT2D eigenvalue weighted by molar-refractivity contribution is -0.117. The van der Waals surface area contributed by atoms with Crippen molar-refractivity contribution in [1.29, 1.82) is 0 Å². The van der Waals surface area contributed by atoms with E-state index in [2.05, 4.69) is 5.32 Å². The lowest BCUT2D eigenvalue weighted by Crippen LogP contribution is -2.46. The van der Waals surface area contributed by atoms with Gasteiger partial charge in [-0.15, -0.1) is 0 Å². The summed E-state index contributed by atoms with van der Waals surface area (Å²) >= 11 is 0. The van der Waals surface area contributed by atoms with Gasteiger partial charge in [0.2, 0.25) is 5.91 Å². The van der Waals surface area contributed by atoms with Crippen LogP contribution >= 0.6 is 0 Å². The molecule has 1 aliphatic heterocycles. The minimum absolute atomic E-state index is 0.0874. The first-order valence-corrected chi connectivity index (χ1v) is 7.13. The van der Waals surface area contributed by atoms with Gasteiger partial charge >= 0.3 is 6.09 Å². The minimum atomic E-state index is -0.278. The fraction of sp³-hybridized carbons (Fsp3) is 0.467. The van der Waals surface area contributed by atoms with Crippen LogP contribution in [0.4, 0.5) is 4.79 Å². The lowest BCUT2D eigenvalue weighted by Gasteiger charge is -2.31. The first kappa shape index (κ1) is 15.2. The SMILES string of the molecule is CCOC(=O)N1CCC(NC(=O)C=Cc2ccco2)CC1. The summed E-state index contributed by atoms with van der Waals surface area (Å²) < 4.78 is 10.1. The molecule has 0 unspecified atom stereocenters. The van der Waals surface area contributed by atoms with Gasteiger partial charge in [-0.1, -0.05) is 0 Å². The molecule has 1 aromatic rings. The average molecular weight is 292 g/mol. The van der Waals surface area contributed by atoms with Gasteiger partial charge in [0.1, 0.15) is 5.76 Å². The Bertz CT molecular complexity index is 488. The van der Waals surface area contributed by atoms with E-state index in [1.54, 1.807) is 36.3 Å². The number of likely N-dealkylation sites (tertiary alicyclic amines) is 1. The maximum Gasteiger partial charge on any atom is 0.409 e. The molecule has 2 heterocycles. The molecule has 6 heteroatoms. The summed E-state index contributed by atoms with van der Waals surface area (Å²) in [5.74, 6) is 0.489. The summed E-state index contributed by atoms with van der Waals surface area (Å²) in [6.45, 7) is 3.38. The van der Waals surface area contributed by atoms with Gasteiger partial charge in [-0.25, -0.2) is 4.79 Å². The molecule has 0 saturated carbocycles. The van der Waals surface area contributed by atoms with Crippen LogP contribution in [0, 0.1) is 0 Å². The van der Waals surface area contributed by atoms with Crippen molar-refractivity contribution < 1.29 is 18.7 Å². The predicted molar refractivity (Wildman–Crippen MR) is 77.5 cm³/mol. The number of hydrogen-bond acceptors (Lipinski definition) is 4. The highest BCUT2D eigenvalue weighted by Crippen LogP contribution is 2.11. The topological polar surface area (TPSA) is 71.8 Å². The molecule has 21 heavy (non-hydrogen) atoms. The quantitative estimate of drug-likeness (QED) is 0.862. The van der Waals surface area contributed by atoms with Crippen molar-refractivity contribution in [3.8, 4) is 0 Å². The molecular formula is C15H20N2O4. The number of carbonyl (C=O) groups is 2. The molecule has 0 radical (unpaired) electrons. The van der Waals surface area contributed by atoms with Gasteiger partial charge in [0, 0.05) is 25.2 Å². The Morgan fingerprint density at radius 3 is 2.86 bits per heavy atom. The van der Waals surface area contributed by atoms with Gasteiger partial charge in [-0.2, -0.15) is 0 Å². The van der Waals surface area contributed by atoms with Crippen LogP contribution in [-0.2, 0) is 9.53 Å². The van der Waals surface area contributed by atoms with E-state index < -0.39 is 0 Å². The van der Waals surface area contributed by atoms with Gasteiger partial charge in [0.05, 0.1) is 12.9 Å². The number of amides is 2. The molecule has 2 rings (SSSR count). The first-order valence-electron chi connectivity index (χ1n) is 7.13. The molecule has 114 valence electrons. The van der Waals surface area contributed by atoms with Crippen molar-refractivity contribution >= 4 is 18.1 Å². The van der Waals surface area contributed by atoms with Gasteiger partial charge in [0.15, 0.2) is 0 Å². The molecule has 1 N–H and O–H groups in total. The highest BCUT2D eigenvalue weighted by molar-refractivity contribution is 5.91. The Hall–Kier alpha value is -2.24. The van der Waals surface area contributed by atoms with E-state index >= 15 is 0 Å². The number of nitrogens with one attached hydrogen (secondary N) is 1. The zero-order valence-electron chi connectivity index (χ0n) is 12.1. The number of carbonyl (C=O) groups excluding carboxylic acids is 2. The lowest BCUT2D eigenvalue weighted by atomic mass is 10.1. The highest BCUT2D eigenvalue weighted by atomic mass is 16.6. The van der Waals surface area contributed by atoms with E-state index in [0.29, 0.717) is 25.5 Å². The van der Waals surface area contributed by atoms with Crippen LogP contribution in [0.1, 0.15) is 25.5 Å². The second kappa shape index (κ2) is 7.52. The zero-order valence-corrected chi connectivity index (χ0v) is 12.1. The predicted octanol–water partition coefficient (Wildman–Crippen LogP) is 2.03. The van der Waals surface area contributed by atoms with E-state index in [-0.39, 0.29) is 18.0 Å². The van der Waals surface area contributed by atoms with Crippen LogP contribution in [0.25, 0.3) is 6.08 Å². The van der Waals surface area contributed by atoms with Crippen LogP contribution in [0.5, 0.6) is 0 Å². The van der Waals surface area contributed by atoms with Crippen molar-refractivity contribution in [1.82, 2.24) is 10.2 Å². The largest absolute Gasteiger partial charge is 0.465 e. The molecule has 1 fully saturated rings. The van der Waals surface area contributed by atoms with Gasteiger partial charge in [-0.05, 0) is 38.0 Å². The number of rotatable bonds is 4. The summed E-state index contributed by atoms with van der Waals surface area (Å²) in [5.41, 5.74) is 0. The first-order chi connectivity index (χ1) is 10.2. The normalized spacial score (nSPS) is 16.1. The van der Waals surface area contributed by atoms with Crippen molar-refractivity contribution in [2.45, 2.75) is 25.8 Å². The molecule has 6 nitrogen and oxygen atoms in total. The van der Waals surface area contributed by atoms with E-state index in [4.69, 9.17) is 9.15 Å². The van der Waals surface area contributed by atoms with Crippen LogP contribution in [0.2, 0.25) is 0 Å². The molecule has 0 spiro atoms. The van der Waals surface area contributed by atoms with Crippen molar-refractivity contribution in [2.24, 2.45) is 0 Å². The summed E-state index contributed by atoms with van der Waals surface area (Å²) in [6.07, 6.45) is 5.83. The Morgan fingerprint density at radius 1 is 1.48 bits per heavy atom. The van der Waals surface area contributed by atoms with E-state index in [9.17, 15) is 9.59 Å². The van der Waals surface area contributed by atoms with E-state index in [0.717, 1.165) is 12.8 Å². The number of ether oxygens (including phenoxy) is 1. The molecule has 0 aliphatic carbocycles. The molecule has 1 aromatic heterocycles. The fourth-order valence-electron chi connectivity index (χ4n) is 2.21. The van der Waals surface area contributed by atoms with Crippen LogP contribution < -0.4 is 5.32 Å². The summed E-state index contributed by atoms with van der Waals surface area (Å²) in [6, 6.07) is 3.63. The average Bonchev–Trinajstić information content (AvgIpc) is 2.99. The fourth-order valence-corrected chi connectivity index (χ4v) is 2.21. The summed E-state index contributed by atoms with van der Waals surface area (Å²) in [4.78, 5) is 25.0. The number of furan rings is 1.